The summed E-state index contributed by atoms with van der Waals surface area (Å²) in [6.45, 7) is 1.43. The number of halogens is 1. The van der Waals surface area contributed by atoms with E-state index in [1.54, 1.807) is 6.07 Å². The highest BCUT2D eigenvalue weighted by Gasteiger charge is 2.19. The highest BCUT2D eigenvalue weighted by atomic mass is 19.1. The van der Waals surface area contributed by atoms with Gasteiger partial charge in [-0.25, -0.2) is 14.0 Å². The zero-order chi connectivity index (χ0) is 13.3. The van der Waals surface area contributed by atoms with Crippen LogP contribution in [0.5, 0.6) is 0 Å². The second-order valence-electron chi connectivity index (χ2n) is 3.68. The average Bonchev–Trinajstić information content (AvgIpc) is 2.27. The van der Waals surface area contributed by atoms with E-state index in [0.717, 1.165) is 0 Å². The summed E-state index contributed by atoms with van der Waals surface area (Å²) in [5.41, 5.74) is -0.956. The molecular weight excluding hydrogens is 239 g/mol. The van der Waals surface area contributed by atoms with Gasteiger partial charge in [0.05, 0.1) is 5.69 Å². The number of aromatic nitrogens is 2. The molecule has 0 aliphatic rings. The number of H-pyrrole nitrogens is 1. The zero-order valence-electron chi connectivity index (χ0n) is 9.40. The molecule has 0 radical (unpaired) electrons. The Bertz CT molecular complexity index is 679. The van der Waals surface area contributed by atoms with Gasteiger partial charge in [-0.05, 0) is 19.1 Å². The van der Waals surface area contributed by atoms with Gasteiger partial charge >= 0.3 is 11.7 Å². The molecule has 0 aliphatic carbocycles. The number of carboxylic acids is 1. The largest absolute Gasteiger partial charge is 0.478 e. The van der Waals surface area contributed by atoms with Gasteiger partial charge in [0.25, 0.3) is 0 Å². The van der Waals surface area contributed by atoms with Crippen LogP contribution in [0.15, 0.2) is 29.1 Å². The number of aryl methyl sites for hydroxylation is 1. The number of rotatable bonds is 2. The molecule has 92 valence electrons. The Morgan fingerprint density at radius 1 is 1.39 bits per heavy atom. The van der Waals surface area contributed by atoms with Crippen LogP contribution in [0.1, 0.15) is 16.1 Å². The van der Waals surface area contributed by atoms with Gasteiger partial charge < -0.3 is 10.1 Å². The van der Waals surface area contributed by atoms with Crippen molar-refractivity contribution in [1.82, 2.24) is 9.97 Å². The van der Waals surface area contributed by atoms with Crippen molar-refractivity contribution >= 4 is 5.97 Å². The molecule has 1 aromatic heterocycles. The number of carbonyl (C=O) groups is 1. The number of hydrogen-bond acceptors (Lipinski definition) is 3. The molecule has 0 aliphatic heterocycles. The molecular formula is C12H9FN2O3. The number of hydrogen-bond donors (Lipinski definition) is 2. The van der Waals surface area contributed by atoms with Crippen molar-refractivity contribution in [1.29, 1.82) is 0 Å². The van der Waals surface area contributed by atoms with Gasteiger partial charge in [0, 0.05) is 11.3 Å². The molecule has 0 unspecified atom stereocenters. The third-order valence-electron chi connectivity index (χ3n) is 2.46. The molecule has 1 heterocycles. The van der Waals surface area contributed by atoms with Crippen molar-refractivity contribution < 1.29 is 14.3 Å². The summed E-state index contributed by atoms with van der Waals surface area (Å²) in [5, 5.41) is 9.11. The molecule has 0 bridgehead atoms. The maximum atomic E-state index is 13.6. The molecule has 2 rings (SSSR count). The van der Waals surface area contributed by atoms with E-state index in [-0.39, 0.29) is 22.5 Å². The first-order valence-electron chi connectivity index (χ1n) is 5.10. The summed E-state index contributed by atoms with van der Waals surface area (Å²) in [6, 6.07) is 5.57. The first-order chi connectivity index (χ1) is 8.50. The SMILES string of the molecule is Cc1[nH]c(=O)nc(-c2ccccc2F)c1C(=O)O. The summed E-state index contributed by atoms with van der Waals surface area (Å²) in [7, 11) is 0. The minimum Gasteiger partial charge on any atom is -0.478 e. The van der Waals surface area contributed by atoms with Crippen LogP contribution in [0.25, 0.3) is 11.3 Å². The van der Waals surface area contributed by atoms with Gasteiger partial charge in [-0.2, -0.15) is 4.98 Å². The molecule has 0 amide bonds. The van der Waals surface area contributed by atoms with Crippen LogP contribution in [0.4, 0.5) is 4.39 Å². The maximum absolute atomic E-state index is 13.6. The fraction of sp³-hybridized carbons (Fsp3) is 0.0833. The van der Waals surface area contributed by atoms with Gasteiger partial charge in [0.2, 0.25) is 0 Å². The van der Waals surface area contributed by atoms with E-state index in [1.165, 1.54) is 25.1 Å². The van der Waals surface area contributed by atoms with Crippen LogP contribution < -0.4 is 5.69 Å². The van der Waals surface area contributed by atoms with Crippen LogP contribution >= 0.6 is 0 Å². The minimum absolute atomic E-state index is 0.0101. The Morgan fingerprint density at radius 3 is 2.67 bits per heavy atom. The second kappa shape index (κ2) is 4.40. The predicted octanol–water partition coefficient (Wildman–Crippen LogP) is 1.58. The standard InChI is InChI=1S/C12H9FN2O3/c1-6-9(11(16)17)10(15-12(18)14-6)7-4-2-3-5-8(7)13/h2-5H,1H3,(H,16,17)(H,14,15,18). The monoisotopic (exact) mass is 248 g/mol. The van der Waals surface area contributed by atoms with Gasteiger partial charge in [-0.3, -0.25) is 0 Å². The highest BCUT2D eigenvalue weighted by molar-refractivity contribution is 5.95. The van der Waals surface area contributed by atoms with E-state index in [4.69, 9.17) is 5.11 Å². The Labute approximate surface area is 101 Å². The van der Waals surface area contributed by atoms with Crippen molar-refractivity contribution in [3.63, 3.8) is 0 Å². The Hall–Kier alpha value is -2.50. The van der Waals surface area contributed by atoms with Crippen LogP contribution in [0.2, 0.25) is 0 Å². The van der Waals surface area contributed by atoms with E-state index in [0.29, 0.717) is 0 Å². The van der Waals surface area contributed by atoms with E-state index < -0.39 is 17.5 Å². The molecule has 0 atom stereocenters. The van der Waals surface area contributed by atoms with Gasteiger partial charge in [-0.1, -0.05) is 12.1 Å². The normalized spacial score (nSPS) is 10.3. The predicted molar refractivity (Wildman–Crippen MR) is 61.9 cm³/mol. The topological polar surface area (TPSA) is 83.0 Å². The van der Waals surface area contributed by atoms with Gasteiger partial charge in [0.1, 0.15) is 11.4 Å². The molecule has 2 N–H and O–H groups in total. The van der Waals surface area contributed by atoms with Crippen LogP contribution in [-0.2, 0) is 0 Å². The maximum Gasteiger partial charge on any atom is 0.345 e. The molecule has 0 saturated carbocycles. The van der Waals surface area contributed by atoms with E-state index >= 15 is 0 Å². The van der Waals surface area contributed by atoms with Crippen molar-refractivity contribution in [2.24, 2.45) is 0 Å². The number of aromatic carboxylic acids is 1. The van der Waals surface area contributed by atoms with E-state index in [9.17, 15) is 14.0 Å². The van der Waals surface area contributed by atoms with Gasteiger partial charge in [0.15, 0.2) is 0 Å². The van der Waals surface area contributed by atoms with Crippen LogP contribution in [-0.4, -0.2) is 21.0 Å². The highest BCUT2D eigenvalue weighted by Crippen LogP contribution is 2.24. The van der Waals surface area contributed by atoms with E-state index in [2.05, 4.69) is 9.97 Å². The molecule has 5 nitrogen and oxygen atoms in total. The van der Waals surface area contributed by atoms with Crippen molar-refractivity contribution in [2.45, 2.75) is 6.92 Å². The number of benzene rings is 1. The molecule has 6 heteroatoms. The smallest absolute Gasteiger partial charge is 0.345 e. The van der Waals surface area contributed by atoms with Crippen LogP contribution in [0, 0.1) is 12.7 Å². The second-order valence-corrected chi connectivity index (χ2v) is 3.68. The molecule has 18 heavy (non-hydrogen) atoms. The number of nitrogens with zero attached hydrogens (tertiary/aromatic N) is 1. The molecule has 1 aromatic carbocycles. The minimum atomic E-state index is -1.27. The first kappa shape index (κ1) is 12.0. The Kier molecular flexibility index (Phi) is 2.93. The summed E-state index contributed by atoms with van der Waals surface area (Å²) < 4.78 is 13.6. The van der Waals surface area contributed by atoms with Crippen molar-refractivity contribution in [3.8, 4) is 11.3 Å². The lowest BCUT2D eigenvalue weighted by atomic mass is 10.0. The van der Waals surface area contributed by atoms with Crippen molar-refractivity contribution in [3.05, 3.63) is 51.8 Å². The zero-order valence-corrected chi connectivity index (χ0v) is 9.40. The fourth-order valence-electron chi connectivity index (χ4n) is 1.70. The number of nitrogens with one attached hydrogen (secondary N) is 1. The van der Waals surface area contributed by atoms with Gasteiger partial charge in [-0.15, -0.1) is 0 Å². The van der Waals surface area contributed by atoms with Crippen LogP contribution in [0.3, 0.4) is 0 Å². The average molecular weight is 248 g/mol. The summed E-state index contributed by atoms with van der Waals surface area (Å²) in [5.74, 6) is -1.90. The number of carboxylic acid groups (broad SMARTS) is 1. The van der Waals surface area contributed by atoms with Crippen molar-refractivity contribution in [2.75, 3.05) is 0 Å². The lowest BCUT2D eigenvalue weighted by Gasteiger charge is -2.07. The lowest BCUT2D eigenvalue weighted by Crippen LogP contribution is -2.18. The molecule has 2 aromatic rings. The molecule has 0 saturated heterocycles. The first-order valence-corrected chi connectivity index (χ1v) is 5.10. The summed E-state index contributed by atoms with van der Waals surface area (Å²) in [4.78, 5) is 28.3. The summed E-state index contributed by atoms with van der Waals surface area (Å²) in [6.07, 6.45) is 0. The third-order valence-corrected chi connectivity index (χ3v) is 2.46. The Balaban J connectivity index is 2.82. The lowest BCUT2D eigenvalue weighted by molar-refractivity contribution is 0.0696. The third kappa shape index (κ3) is 2.00. The molecule has 0 fully saturated rings. The number of aromatic amines is 1. The summed E-state index contributed by atoms with van der Waals surface area (Å²) >= 11 is 0. The quantitative estimate of drug-likeness (QED) is 0.845. The van der Waals surface area contributed by atoms with E-state index in [1.807, 2.05) is 0 Å². The molecule has 0 spiro atoms. The fourth-order valence-corrected chi connectivity index (χ4v) is 1.70. The Morgan fingerprint density at radius 2 is 2.06 bits per heavy atom.